The van der Waals surface area contributed by atoms with E-state index < -0.39 is 0 Å². The lowest BCUT2D eigenvalue weighted by Crippen LogP contribution is -2.57. The lowest BCUT2D eigenvalue weighted by atomic mass is 10.0. The van der Waals surface area contributed by atoms with Crippen molar-refractivity contribution in [2.45, 2.75) is 89.5 Å². The Labute approximate surface area is 148 Å². The van der Waals surface area contributed by atoms with Crippen molar-refractivity contribution < 1.29 is 9.47 Å². The van der Waals surface area contributed by atoms with Crippen molar-refractivity contribution in [2.24, 2.45) is 0 Å². The van der Waals surface area contributed by atoms with E-state index >= 15 is 0 Å². The Balaban J connectivity index is 1.38. The van der Waals surface area contributed by atoms with Gasteiger partial charge in [-0.1, -0.05) is 0 Å². The standard InChI is InChI=1S/C20H38N2O2/c1-17-15-21(11-9-19-7-3-5-13-23-19)16-18(2)22(17)12-10-20-8-4-6-14-24-20/h17-20H,3-16H2,1-2H3/t17-,18-,19+,20-/m1/s1. The van der Waals surface area contributed by atoms with Crippen molar-refractivity contribution in [2.75, 3.05) is 39.4 Å². The first kappa shape index (κ1) is 18.6. The van der Waals surface area contributed by atoms with Crippen LogP contribution in [0.5, 0.6) is 0 Å². The average molecular weight is 339 g/mol. The molecule has 0 aliphatic carbocycles. The van der Waals surface area contributed by atoms with Gasteiger partial charge in [0.15, 0.2) is 0 Å². The molecule has 3 heterocycles. The number of hydrogen-bond acceptors (Lipinski definition) is 4. The van der Waals surface area contributed by atoms with Crippen LogP contribution < -0.4 is 0 Å². The first-order chi connectivity index (χ1) is 11.7. The van der Waals surface area contributed by atoms with Crippen molar-refractivity contribution in [3.8, 4) is 0 Å². The normalized spacial score (nSPS) is 36.8. The number of hydrogen-bond donors (Lipinski definition) is 0. The van der Waals surface area contributed by atoms with E-state index in [0.29, 0.717) is 24.3 Å². The SMILES string of the molecule is C[C@@H]1CN(CC[C@@H]2CCCCO2)C[C@@H](C)N1CC[C@H]1CCCCO1. The molecule has 0 unspecified atom stereocenters. The Morgan fingerprint density at radius 2 is 1.29 bits per heavy atom. The summed E-state index contributed by atoms with van der Waals surface area (Å²) in [4.78, 5) is 5.38. The molecule has 3 fully saturated rings. The molecule has 140 valence electrons. The van der Waals surface area contributed by atoms with Crippen molar-refractivity contribution in [1.82, 2.24) is 9.80 Å². The van der Waals surface area contributed by atoms with Gasteiger partial charge < -0.3 is 14.4 Å². The first-order valence-electron chi connectivity index (χ1n) is 10.4. The van der Waals surface area contributed by atoms with Crippen molar-refractivity contribution in [1.29, 1.82) is 0 Å². The summed E-state index contributed by atoms with van der Waals surface area (Å²) in [5.74, 6) is 0. The maximum atomic E-state index is 5.92. The van der Waals surface area contributed by atoms with Crippen LogP contribution in [0.15, 0.2) is 0 Å². The van der Waals surface area contributed by atoms with Gasteiger partial charge >= 0.3 is 0 Å². The Kier molecular flexibility index (Phi) is 7.38. The lowest BCUT2D eigenvalue weighted by molar-refractivity contribution is -0.0212. The molecule has 0 bridgehead atoms. The lowest BCUT2D eigenvalue weighted by Gasteiger charge is -2.45. The molecule has 0 spiro atoms. The molecular formula is C20H38N2O2. The second-order valence-corrected chi connectivity index (χ2v) is 8.25. The van der Waals surface area contributed by atoms with Gasteiger partial charge in [0, 0.05) is 51.5 Å². The molecule has 4 atom stereocenters. The Morgan fingerprint density at radius 1 is 0.750 bits per heavy atom. The molecular weight excluding hydrogens is 300 g/mol. The van der Waals surface area contributed by atoms with E-state index in [1.807, 2.05) is 0 Å². The van der Waals surface area contributed by atoms with Crippen LogP contribution in [0, 0.1) is 0 Å². The molecule has 24 heavy (non-hydrogen) atoms. The van der Waals surface area contributed by atoms with Crippen LogP contribution in [0.25, 0.3) is 0 Å². The Hall–Kier alpha value is -0.160. The van der Waals surface area contributed by atoms with E-state index in [1.54, 1.807) is 0 Å². The second kappa shape index (κ2) is 9.51. The van der Waals surface area contributed by atoms with E-state index in [0.717, 1.165) is 13.2 Å². The molecule has 0 radical (unpaired) electrons. The Bertz CT molecular complexity index is 342. The van der Waals surface area contributed by atoms with Crippen LogP contribution in [0.4, 0.5) is 0 Å². The van der Waals surface area contributed by atoms with E-state index in [4.69, 9.17) is 9.47 Å². The third kappa shape index (κ3) is 5.42. The second-order valence-electron chi connectivity index (χ2n) is 8.25. The van der Waals surface area contributed by atoms with Gasteiger partial charge in [0.1, 0.15) is 0 Å². The van der Waals surface area contributed by atoms with E-state index in [1.165, 1.54) is 77.5 Å². The molecule has 3 aliphatic heterocycles. The van der Waals surface area contributed by atoms with Gasteiger partial charge in [-0.25, -0.2) is 0 Å². The van der Waals surface area contributed by atoms with Gasteiger partial charge in [-0.05, 0) is 65.2 Å². The summed E-state index contributed by atoms with van der Waals surface area (Å²) >= 11 is 0. The van der Waals surface area contributed by atoms with Crippen LogP contribution >= 0.6 is 0 Å². The summed E-state index contributed by atoms with van der Waals surface area (Å²) in [6.07, 6.45) is 11.2. The summed E-state index contributed by atoms with van der Waals surface area (Å²) in [5.41, 5.74) is 0. The summed E-state index contributed by atoms with van der Waals surface area (Å²) in [7, 11) is 0. The molecule has 3 saturated heterocycles. The van der Waals surface area contributed by atoms with Crippen LogP contribution in [0.1, 0.15) is 65.2 Å². The van der Waals surface area contributed by atoms with Crippen molar-refractivity contribution in [3.05, 3.63) is 0 Å². The zero-order valence-electron chi connectivity index (χ0n) is 15.9. The summed E-state index contributed by atoms with van der Waals surface area (Å²) in [6, 6.07) is 1.31. The molecule has 0 aromatic heterocycles. The predicted molar refractivity (Wildman–Crippen MR) is 98.5 cm³/mol. The molecule has 0 aromatic rings. The number of rotatable bonds is 6. The van der Waals surface area contributed by atoms with Gasteiger partial charge in [-0.3, -0.25) is 4.90 Å². The molecule has 0 aromatic carbocycles. The first-order valence-corrected chi connectivity index (χ1v) is 10.4. The van der Waals surface area contributed by atoms with E-state index in [9.17, 15) is 0 Å². The fourth-order valence-electron chi connectivity index (χ4n) is 4.78. The molecule has 3 aliphatic rings. The highest BCUT2D eigenvalue weighted by atomic mass is 16.5. The fraction of sp³-hybridized carbons (Fsp3) is 1.00. The minimum atomic E-state index is 0.514. The quantitative estimate of drug-likeness (QED) is 0.742. The third-order valence-electron chi connectivity index (χ3n) is 6.20. The highest BCUT2D eigenvalue weighted by Gasteiger charge is 2.30. The largest absolute Gasteiger partial charge is 0.378 e. The van der Waals surface area contributed by atoms with Crippen LogP contribution in [0.2, 0.25) is 0 Å². The van der Waals surface area contributed by atoms with Gasteiger partial charge in [-0.15, -0.1) is 0 Å². The molecule has 4 nitrogen and oxygen atoms in total. The van der Waals surface area contributed by atoms with Crippen LogP contribution in [0.3, 0.4) is 0 Å². The van der Waals surface area contributed by atoms with E-state index in [2.05, 4.69) is 23.6 Å². The maximum absolute atomic E-state index is 5.92. The number of ether oxygens (including phenoxy) is 2. The van der Waals surface area contributed by atoms with Crippen LogP contribution in [-0.2, 0) is 9.47 Å². The summed E-state index contributed by atoms with van der Waals surface area (Å²) in [5, 5.41) is 0. The number of nitrogens with zero attached hydrogens (tertiary/aromatic N) is 2. The monoisotopic (exact) mass is 338 g/mol. The van der Waals surface area contributed by atoms with E-state index in [-0.39, 0.29) is 0 Å². The van der Waals surface area contributed by atoms with Crippen molar-refractivity contribution >= 4 is 0 Å². The summed E-state index contributed by atoms with van der Waals surface area (Å²) < 4.78 is 11.8. The number of piperazine rings is 1. The van der Waals surface area contributed by atoms with Crippen molar-refractivity contribution in [3.63, 3.8) is 0 Å². The zero-order valence-corrected chi connectivity index (χ0v) is 15.9. The molecule has 0 amide bonds. The minimum Gasteiger partial charge on any atom is -0.378 e. The Morgan fingerprint density at radius 3 is 1.79 bits per heavy atom. The topological polar surface area (TPSA) is 24.9 Å². The summed E-state index contributed by atoms with van der Waals surface area (Å²) in [6.45, 7) is 11.6. The predicted octanol–water partition coefficient (Wildman–Crippen LogP) is 3.30. The molecule has 0 saturated carbocycles. The molecule has 4 heteroatoms. The minimum absolute atomic E-state index is 0.514. The third-order valence-corrected chi connectivity index (χ3v) is 6.20. The fourth-order valence-corrected chi connectivity index (χ4v) is 4.78. The van der Waals surface area contributed by atoms with Gasteiger partial charge in [-0.2, -0.15) is 0 Å². The molecule has 0 N–H and O–H groups in total. The average Bonchev–Trinajstić information content (AvgIpc) is 2.61. The zero-order chi connectivity index (χ0) is 16.8. The van der Waals surface area contributed by atoms with Gasteiger partial charge in [0.2, 0.25) is 0 Å². The van der Waals surface area contributed by atoms with Gasteiger partial charge in [0.25, 0.3) is 0 Å². The maximum Gasteiger partial charge on any atom is 0.0587 e. The highest BCUT2D eigenvalue weighted by Crippen LogP contribution is 2.22. The van der Waals surface area contributed by atoms with Crippen LogP contribution in [-0.4, -0.2) is 73.5 Å². The van der Waals surface area contributed by atoms with Gasteiger partial charge in [0.05, 0.1) is 12.2 Å². The highest BCUT2D eigenvalue weighted by molar-refractivity contribution is 4.86. The molecule has 3 rings (SSSR count). The smallest absolute Gasteiger partial charge is 0.0587 e.